The lowest BCUT2D eigenvalue weighted by molar-refractivity contribution is -0.146. The van der Waals surface area contributed by atoms with Gasteiger partial charge in [0, 0.05) is 31.2 Å². The average Bonchev–Trinajstić information content (AvgIpc) is 3.36. The van der Waals surface area contributed by atoms with Crippen LogP contribution in [0.3, 0.4) is 0 Å². The first kappa shape index (κ1) is 23.4. The average molecular weight is 459 g/mol. The second-order valence-electron chi connectivity index (χ2n) is 8.39. The lowest BCUT2D eigenvalue weighted by Crippen LogP contribution is -2.25. The number of carboxylic acid groups (broad SMARTS) is 1. The van der Waals surface area contributed by atoms with Gasteiger partial charge in [-0.3, -0.25) is 0 Å². The lowest BCUT2D eigenvalue weighted by Gasteiger charge is -2.25. The summed E-state index contributed by atoms with van der Waals surface area (Å²) in [6.07, 6.45) is 4.32. The van der Waals surface area contributed by atoms with E-state index in [-0.39, 0.29) is 25.4 Å². The van der Waals surface area contributed by atoms with Crippen LogP contribution in [0.4, 0.5) is 0 Å². The van der Waals surface area contributed by atoms with Gasteiger partial charge in [0.15, 0.2) is 18.2 Å². The SMILES string of the molecule is Cc1cc(OCc2ccnc(C3CCCO3)n2)c(CC(O)C(=O)O)cc1OC1CCCCO1. The minimum atomic E-state index is -1.56. The maximum atomic E-state index is 11.3. The van der Waals surface area contributed by atoms with E-state index in [0.717, 1.165) is 37.7 Å². The molecule has 33 heavy (non-hydrogen) atoms. The molecule has 3 atom stereocenters. The molecule has 3 heterocycles. The van der Waals surface area contributed by atoms with Crippen LogP contribution in [0.25, 0.3) is 0 Å². The highest BCUT2D eigenvalue weighted by Crippen LogP contribution is 2.32. The standard InChI is InChI=1S/C24H30N2O7/c1-15-11-21(32-14-17-7-8-25-23(26-17)19-5-4-10-30-19)16(12-18(27)24(28)29)13-20(15)33-22-6-2-3-9-31-22/h7-8,11,13,18-19,22,27H,2-6,9-10,12,14H2,1H3,(H,28,29). The van der Waals surface area contributed by atoms with E-state index in [1.807, 2.05) is 6.92 Å². The number of aryl methyl sites for hydroxylation is 1. The molecule has 0 saturated carbocycles. The van der Waals surface area contributed by atoms with E-state index in [0.29, 0.717) is 41.8 Å². The van der Waals surface area contributed by atoms with E-state index in [1.165, 1.54) is 0 Å². The number of rotatable bonds is 9. The van der Waals surface area contributed by atoms with Crippen LogP contribution in [0.15, 0.2) is 24.4 Å². The summed E-state index contributed by atoms with van der Waals surface area (Å²) in [7, 11) is 0. The summed E-state index contributed by atoms with van der Waals surface area (Å²) < 4.78 is 23.4. The molecule has 0 spiro atoms. The number of nitrogens with zero attached hydrogens (tertiary/aromatic N) is 2. The molecule has 1 aromatic heterocycles. The van der Waals surface area contributed by atoms with Crippen molar-refractivity contribution in [1.82, 2.24) is 9.97 Å². The van der Waals surface area contributed by atoms with Crippen LogP contribution in [0.5, 0.6) is 11.5 Å². The Bertz CT molecular complexity index is 956. The van der Waals surface area contributed by atoms with Crippen molar-refractivity contribution >= 4 is 5.97 Å². The highest BCUT2D eigenvalue weighted by molar-refractivity contribution is 5.72. The van der Waals surface area contributed by atoms with E-state index < -0.39 is 12.1 Å². The van der Waals surface area contributed by atoms with Crippen molar-refractivity contribution in [2.24, 2.45) is 0 Å². The van der Waals surface area contributed by atoms with Gasteiger partial charge in [0.25, 0.3) is 0 Å². The van der Waals surface area contributed by atoms with E-state index in [4.69, 9.17) is 18.9 Å². The molecule has 0 bridgehead atoms. The molecule has 0 radical (unpaired) electrons. The Labute approximate surface area is 192 Å². The molecule has 4 rings (SSSR count). The van der Waals surface area contributed by atoms with E-state index in [9.17, 15) is 15.0 Å². The lowest BCUT2D eigenvalue weighted by atomic mass is 10.0. The molecule has 2 aromatic rings. The summed E-state index contributed by atoms with van der Waals surface area (Å²) in [6, 6.07) is 5.30. The molecule has 2 N–H and O–H groups in total. The number of carbonyl (C=O) groups is 1. The van der Waals surface area contributed by atoms with Crippen molar-refractivity contribution in [3.63, 3.8) is 0 Å². The highest BCUT2D eigenvalue weighted by atomic mass is 16.7. The van der Waals surface area contributed by atoms with Crippen LogP contribution in [0.1, 0.15) is 60.9 Å². The Morgan fingerprint density at radius 1 is 1.18 bits per heavy atom. The van der Waals surface area contributed by atoms with Crippen molar-refractivity contribution in [2.75, 3.05) is 13.2 Å². The molecule has 2 aliphatic heterocycles. The summed E-state index contributed by atoms with van der Waals surface area (Å²) >= 11 is 0. The minimum absolute atomic E-state index is 0.0908. The van der Waals surface area contributed by atoms with Gasteiger partial charge in [0.1, 0.15) is 24.2 Å². The predicted octanol–water partition coefficient (Wildman–Crippen LogP) is 3.11. The molecular formula is C24H30N2O7. The second kappa shape index (κ2) is 10.9. The van der Waals surface area contributed by atoms with Gasteiger partial charge in [-0.15, -0.1) is 0 Å². The molecule has 0 amide bonds. The van der Waals surface area contributed by atoms with Gasteiger partial charge in [-0.1, -0.05) is 0 Å². The fraction of sp³-hybridized carbons (Fsp3) is 0.542. The molecule has 1 aromatic carbocycles. The molecule has 2 saturated heterocycles. The number of carboxylic acids is 1. The zero-order valence-corrected chi connectivity index (χ0v) is 18.7. The van der Waals surface area contributed by atoms with Gasteiger partial charge in [0.2, 0.25) is 0 Å². The fourth-order valence-corrected chi connectivity index (χ4v) is 3.95. The Hall–Kier alpha value is -2.75. The quantitative estimate of drug-likeness (QED) is 0.584. The Kier molecular flexibility index (Phi) is 7.74. The van der Waals surface area contributed by atoms with E-state index in [1.54, 1.807) is 24.4 Å². The number of aromatic nitrogens is 2. The number of aliphatic hydroxyl groups is 1. The molecule has 178 valence electrons. The van der Waals surface area contributed by atoms with Crippen LogP contribution in [-0.4, -0.2) is 51.8 Å². The molecule has 3 unspecified atom stereocenters. The molecule has 9 heteroatoms. The number of aliphatic carboxylic acids is 1. The third kappa shape index (κ3) is 6.19. The Morgan fingerprint density at radius 3 is 2.76 bits per heavy atom. The maximum Gasteiger partial charge on any atom is 0.332 e. The van der Waals surface area contributed by atoms with Gasteiger partial charge in [-0.2, -0.15) is 0 Å². The summed E-state index contributed by atoms with van der Waals surface area (Å²) in [5.74, 6) is 0.408. The van der Waals surface area contributed by atoms with Crippen LogP contribution in [0, 0.1) is 6.92 Å². The summed E-state index contributed by atoms with van der Waals surface area (Å²) in [5, 5.41) is 19.2. The molecule has 0 aliphatic carbocycles. The molecule has 9 nitrogen and oxygen atoms in total. The normalized spacial score (nSPS) is 21.5. The summed E-state index contributed by atoms with van der Waals surface area (Å²) in [5.41, 5.74) is 2.05. The number of benzene rings is 1. The van der Waals surface area contributed by atoms with Crippen molar-refractivity contribution in [3.8, 4) is 11.5 Å². The van der Waals surface area contributed by atoms with Crippen molar-refractivity contribution in [1.29, 1.82) is 0 Å². The number of aliphatic hydroxyl groups excluding tert-OH is 1. The zero-order valence-electron chi connectivity index (χ0n) is 18.7. The van der Waals surface area contributed by atoms with Gasteiger partial charge in [-0.25, -0.2) is 14.8 Å². The summed E-state index contributed by atoms with van der Waals surface area (Å²) in [4.78, 5) is 20.1. The minimum Gasteiger partial charge on any atom is -0.487 e. The van der Waals surface area contributed by atoms with Gasteiger partial charge in [0.05, 0.1) is 12.3 Å². The van der Waals surface area contributed by atoms with Gasteiger partial charge in [-0.05, 0) is 56.4 Å². The Balaban J connectivity index is 1.52. The first-order valence-corrected chi connectivity index (χ1v) is 11.4. The highest BCUT2D eigenvalue weighted by Gasteiger charge is 2.23. The fourth-order valence-electron chi connectivity index (χ4n) is 3.95. The van der Waals surface area contributed by atoms with E-state index >= 15 is 0 Å². The second-order valence-corrected chi connectivity index (χ2v) is 8.39. The monoisotopic (exact) mass is 458 g/mol. The van der Waals surface area contributed by atoms with Crippen LogP contribution >= 0.6 is 0 Å². The van der Waals surface area contributed by atoms with Gasteiger partial charge < -0.3 is 29.2 Å². The van der Waals surface area contributed by atoms with E-state index in [2.05, 4.69) is 9.97 Å². The smallest absolute Gasteiger partial charge is 0.332 e. The van der Waals surface area contributed by atoms with Crippen LogP contribution < -0.4 is 9.47 Å². The number of hydrogen-bond acceptors (Lipinski definition) is 8. The van der Waals surface area contributed by atoms with Crippen LogP contribution in [0.2, 0.25) is 0 Å². The van der Waals surface area contributed by atoms with Crippen molar-refractivity contribution < 1.29 is 34.0 Å². The molecular weight excluding hydrogens is 428 g/mol. The zero-order chi connectivity index (χ0) is 23.2. The first-order chi connectivity index (χ1) is 16.0. The van der Waals surface area contributed by atoms with Crippen LogP contribution in [-0.2, 0) is 27.3 Å². The van der Waals surface area contributed by atoms with Crippen molar-refractivity contribution in [2.45, 2.75) is 70.6 Å². The topological polar surface area (TPSA) is 120 Å². The third-order valence-corrected chi connectivity index (χ3v) is 5.78. The first-order valence-electron chi connectivity index (χ1n) is 11.4. The third-order valence-electron chi connectivity index (χ3n) is 5.78. The summed E-state index contributed by atoms with van der Waals surface area (Å²) in [6.45, 7) is 3.43. The molecule has 2 fully saturated rings. The predicted molar refractivity (Wildman–Crippen MR) is 117 cm³/mol. The number of hydrogen-bond donors (Lipinski definition) is 2. The Morgan fingerprint density at radius 2 is 2.03 bits per heavy atom. The van der Waals surface area contributed by atoms with Gasteiger partial charge >= 0.3 is 5.97 Å². The molecule has 2 aliphatic rings. The van der Waals surface area contributed by atoms with Crippen molar-refractivity contribution in [3.05, 3.63) is 47.0 Å². The maximum absolute atomic E-state index is 11.3. The largest absolute Gasteiger partial charge is 0.487 e. The number of ether oxygens (including phenoxy) is 4.